The highest BCUT2D eigenvalue weighted by molar-refractivity contribution is 5.92. The van der Waals surface area contributed by atoms with E-state index < -0.39 is 0 Å². The molecule has 0 saturated carbocycles. The van der Waals surface area contributed by atoms with Gasteiger partial charge in [0, 0.05) is 19.6 Å². The number of nitrogens with zero attached hydrogens (tertiary/aromatic N) is 5. The smallest absolute Gasteiger partial charge is 0.276 e. The maximum absolute atomic E-state index is 12.9. The lowest BCUT2D eigenvalue weighted by Crippen LogP contribution is -2.40. The maximum Gasteiger partial charge on any atom is 0.276 e. The lowest BCUT2D eigenvalue weighted by atomic mass is 10.1. The predicted molar refractivity (Wildman–Crippen MR) is 114 cm³/mol. The Balaban J connectivity index is 0.00000338. The van der Waals surface area contributed by atoms with Crippen LogP contribution in [0.5, 0.6) is 0 Å². The number of hydrogen-bond donors (Lipinski definition) is 1. The van der Waals surface area contributed by atoms with Gasteiger partial charge in [-0.3, -0.25) is 4.79 Å². The highest BCUT2D eigenvalue weighted by Crippen LogP contribution is 2.17. The van der Waals surface area contributed by atoms with Crippen LogP contribution in [0.3, 0.4) is 0 Å². The Bertz CT molecular complexity index is 530. The summed E-state index contributed by atoms with van der Waals surface area (Å²) in [6, 6.07) is 0.351. The lowest BCUT2D eigenvalue weighted by molar-refractivity contribution is 0.0710. The molecule has 2 rings (SSSR count). The van der Waals surface area contributed by atoms with Gasteiger partial charge in [0.05, 0.1) is 12.2 Å². The summed E-state index contributed by atoms with van der Waals surface area (Å²) in [7, 11) is 0. The zero-order valence-corrected chi connectivity index (χ0v) is 18.7. The first kappa shape index (κ1) is 26.1. The Kier molecular flexibility index (Phi) is 12.9. The summed E-state index contributed by atoms with van der Waals surface area (Å²) in [5.74, 6) is 0.432. The topological polar surface area (TPSA) is 66.3 Å². The van der Waals surface area contributed by atoms with Crippen molar-refractivity contribution >= 4 is 30.7 Å². The summed E-state index contributed by atoms with van der Waals surface area (Å²) in [5.41, 5.74) is 0.471. The van der Waals surface area contributed by atoms with E-state index in [0.717, 1.165) is 58.7 Å². The van der Waals surface area contributed by atoms with Gasteiger partial charge < -0.3 is 15.1 Å². The van der Waals surface area contributed by atoms with Crippen LogP contribution in [-0.4, -0.2) is 76.5 Å². The van der Waals surface area contributed by atoms with Gasteiger partial charge in [0.25, 0.3) is 5.91 Å². The second kappa shape index (κ2) is 13.3. The molecule has 1 aliphatic rings. The molecule has 9 heteroatoms. The fourth-order valence-electron chi connectivity index (χ4n) is 3.30. The Labute approximate surface area is 176 Å². The van der Waals surface area contributed by atoms with Gasteiger partial charge in [-0.05, 0) is 44.9 Å². The van der Waals surface area contributed by atoms with Gasteiger partial charge in [-0.1, -0.05) is 32.9 Å². The van der Waals surface area contributed by atoms with Crippen LogP contribution in [0, 0.1) is 5.92 Å². The molecule has 0 spiro atoms. The van der Waals surface area contributed by atoms with Crippen molar-refractivity contribution in [3.8, 4) is 0 Å². The molecule has 1 aromatic rings. The van der Waals surface area contributed by atoms with Gasteiger partial charge in [-0.2, -0.15) is 0 Å². The zero-order valence-electron chi connectivity index (χ0n) is 17.1. The minimum absolute atomic E-state index is 0. The van der Waals surface area contributed by atoms with Crippen LogP contribution in [0.25, 0.3) is 0 Å². The van der Waals surface area contributed by atoms with Crippen LogP contribution < -0.4 is 5.32 Å². The molecule has 0 bridgehead atoms. The van der Waals surface area contributed by atoms with Crippen molar-refractivity contribution in [2.24, 2.45) is 5.92 Å². The van der Waals surface area contributed by atoms with Crippen molar-refractivity contribution < 1.29 is 4.79 Å². The summed E-state index contributed by atoms with van der Waals surface area (Å²) in [4.78, 5) is 17.2. The second-order valence-electron chi connectivity index (χ2n) is 7.24. The maximum atomic E-state index is 12.9. The largest absolute Gasteiger partial charge is 0.336 e. The molecule has 0 atom stereocenters. The summed E-state index contributed by atoms with van der Waals surface area (Å²) in [6.07, 6.45) is 3.91. The van der Waals surface area contributed by atoms with Crippen LogP contribution in [0.1, 0.15) is 57.1 Å². The van der Waals surface area contributed by atoms with Crippen LogP contribution in [0.4, 0.5) is 0 Å². The SMILES string of the molecule is CCN(CC)CCN(CC(C)C)C(=O)c1cn(C2CCNCC2)nn1.Cl.Cl. The Morgan fingerprint density at radius 3 is 2.41 bits per heavy atom. The molecule has 1 aromatic heterocycles. The van der Waals surface area contributed by atoms with E-state index in [-0.39, 0.29) is 30.7 Å². The van der Waals surface area contributed by atoms with Gasteiger partial charge in [0.1, 0.15) is 0 Å². The molecule has 158 valence electrons. The van der Waals surface area contributed by atoms with Crippen LogP contribution in [0.15, 0.2) is 6.20 Å². The van der Waals surface area contributed by atoms with Crippen molar-refractivity contribution in [2.75, 3.05) is 45.8 Å². The molecule has 1 N–H and O–H groups in total. The number of carbonyl (C=O) groups excluding carboxylic acids is 1. The second-order valence-corrected chi connectivity index (χ2v) is 7.24. The normalized spacial score (nSPS) is 14.7. The molecule has 1 fully saturated rings. The Morgan fingerprint density at radius 2 is 1.85 bits per heavy atom. The van der Waals surface area contributed by atoms with E-state index in [0.29, 0.717) is 17.7 Å². The molecule has 0 aliphatic carbocycles. The quantitative estimate of drug-likeness (QED) is 0.661. The molecule has 7 nitrogen and oxygen atoms in total. The molecule has 1 saturated heterocycles. The van der Waals surface area contributed by atoms with E-state index in [1.807, 2.05) is 15.8 Å². The van der Waals surface area contributed by atoms with E-state index in [1.165, 1.54) is 0 Å². The average molecular weight is 423 g/mol. The number of aromatic nitrogens is 3. The number of hydrogen-bond acceptors (Lipinski definition) is 5. The molecule has 1 aliphatic heterocycles. The number of likely N-dealkylation sites (N-methyl/N-ethyl adjacent to an activating group) is 1. The van der Waals surface area contributed by atoms with E-state index >= 15 is 0 Å². The number of carbonyl (C=O) groups is 1. The summed E-state index contributed by atoms with van der Waals surface area (Å²) in [6.45, 7) is 15.0. The molecule has 1 amide bonds. The number of nitrogens with one attached hydrogen (secondary N) is 1. The third-order valence-electron chi connectivity index (χ3n) is 4.87. The van der Waals surface area contributed by atoms with Crippen molar-refractivity contribution in [3.05, 3.63) is 11.9 Å². The standard InChI is InChI=1S/C18H34N6O.2ClH/c1-5-22(6-2)11-12-23(13-15(3)4)18(25)17-14-24(21-20-17)16-7-9-19-10-8-16;;/h14-16,19H,5-13H2,1-4H3;2*1H. The monoisotopic (exact) mass is 422 g/mol. The fraction of sp³-hybridized carbons (Fsp3) is 0.833. The third kappa shape index (κ3) is 7.94. The first-order chi connectivity index (χ1) is 12.0. The fourth-order valence-corrected chi connectivity index (χ4v) is 3.30. The molecule has 0 aromatic carbocycles. The Hall–Kier alpha value is -0.890. The molecule has 0 unspecified atom stereocenters. The minimum atomic E-state index is 0. The van der Waals surface area contributed by atoms with Gasteiger partial charge in [0.15, 0.2) is 5.69 Å². The van der Waals surface area contributed by atoms with Crippen molar-refractivity contribution in [1.29, 1.82) is 0 Å². The molecule has 27 heavy (non-hydrogen) atoms. The lowest BCUT2D eigenvalue weighted by Gasteiger charge is -2.27. The Morgan fingerprint density at radius 1 is 1.22 bits per heavy atom. The molecule has 0 radical (unpaired) electrons. The number of amides is 1. The van der Waals surface area contributed by atoms with Crippen molar-refractivity contribution in [1.82, 2.24) is 30.1 Å². The number of rotatable bonds is 9. The molecular formula is C18H36Cl2N6O. The number of halogens is 2. The predicted octanol–water partition coefficient (Wildman–Crippen LogP) is 2.49. The molecular weight excluding hydrogens is 387 g/mol. The summed E-state index contributed by atoms with van der Waals surface area (Å²) < 4.78 is 1.88. The van der Waals surface area contributed by atoms with E-state index in [9.17, 15) is 4.79 Å². The van der Waals surface area contributed by atoms with Gasteiger partial charge >= 0.3 is 0 Å². The highest BCUT2D eigenvalue weighted by Gasteiger charge is 2.23. The van der Waals surface area contributed by atoms with Crippen LogP contribution in [-0.2, 0) is 0 Å². The third-order valence-corrected chi connectivity index (χ3v) is 4.87. The van der Waals surface area contributed by atoms with E-state index in [1.54, 1.807) is 0 Å². The molecule has 2 heterocycles. The highest BCUT2D eigenvalue weighted by atomic mass is 35.5. The first-order valence-electron chi connectivity index (χ1n) is 9.69. The van der Waals surface area contributed by atoms with Crippen molar-refractivity contribution in [3.63, 3.8) is 0 Å². The summed E-state index contributed by atoms with van der Waals surface area (Å²) in [5, 5.41) is 11.8. The van der Waals surface area contributed by atoms with Gasteiger partial charge in [-0.15, -0.1) is 29.9 Å². The summed E-state index contributed by atoms with van der Waals surface area (Å²) >= 11 is 0. The van der Waals surface area contributed by atoms with Gasteiger partial charge in [0.2, 0.25) is 0 Å². The zero-order chi connectivity index (χ0) is 18.2. The van der Waals surface area contributed by atoms with Crippen LogP contribution >= 0.6 is 24.8 Å². The van der Waals surface area contributed by atoms with Crippen LogP contribution in [0.2, 0.25) is 0 Å². The average Bonchev–Trinajstić information content (AvgIpc) is 3.11. The van der Waals surface area contributed by atoms with Crippen molar-refractivity contribution in [2.45, 2.75) is 46.6 Å². The van der Waals surface area contributed by atoms with Gasteiger partial charge in [-0.25, -0.2) is 4.68 Å². The minimum Gasteiger partial charge on any atom is -0.336 e. The van der Waals surface area contributed by atoms with E-state index in [2.05, 4.69) is 48.2 Å². The first-order valence-corrected chi connectivity index (χ1v) is 9.69. The van der Waals surface area contributed by atoms with E-state index in [4.69, 9.17) is 0 Å². The number of piperidine rings is 1.